The lowest BCUT2D eigenvalue weighted by molar-refractivity contribution is 0.112. The summed E-state index contributed by atoms with van der Waals surface area (Å²) in [5.41, 5.74) is 0.667. The number of carbonyl (C=O) groups is 1. The van der Waals surface area contributed by atoms with Crippen molar-refractivity contribution in [3.05, 3.63) is 22.1 Å². The molecule has 1 heterocycles. The van der Waals surface area contributed by atoms with Gasteiger partial charge in [-0.3, -0.25) is 4.79 Å². The van der Waals surface area contributed by atoms with E-state index in [1.807, 2.05) is 0 Å². The summed E-state index contributed by atoms with van der Waals surface area (Å²) < 4.78 is 6.07. The molecule has 0 aliphatic heterocycles. The zero-order valence-electron chi connectivity index (χ0n) is 7.84. The van der Waals surface area contributed by atoms with Gasteiger partial charge in [-0.1, -0.05) is 13.8 Å². The Morgan fingerprint density at radius 2 is 2.15 bits per heavy atom. The molecule has 0 fully saturated rings. The predicted molar refractivity (Wildman–Crippen MR) is 55.1 cm³/mol. The van der Waals surface area contributed by atoms with Crippen LogP contribution in [-0.4, -0.2) is 6.29 Å². The SMILES string of the molecule is CCC(CC)c1oc(Br)cc1C=O. The van der Waals surface area contributed by atoms with Gasteiger partial charge in [-0.2, -0.15) is 0 Å². The van der Waals surface area contributed by atoms with E-state index in [1.54, 1.807) is 6.07 Å². The minimum absolute atomic E-state index is 0.353. The highest BCUT2D eigenvalue weighted by atomic mass is 79.9. The van der Waals surface area contributed by atoms with Crippen molar-refractivity contribution in [1.82, 2.24) is 0 Å². The molecule has 0 bridgehead atoms. The Hall–Kier alpha value is -0.570. The maximum absolute atomic E-state index is 10.7. The van der Waals surface area contributed by atoms with Crippen molar-refractivity contribution in [2.24, 2.45) is 0 Å². The van der Waals surface area contributed by atoms with Gasteiger partial charge in [-0.15, -0.1) is 0 Å². The Labute approximate surface area is 86.4 Å². The summed E-state index contributed by atoms with van der Waals surface area (Å²) in [6.07, 6.45) is 2.84. The van der Waals surface area contributed by atoms with E-state index < -0.39 is 0 Å². The van der Waals surface area contributed by atoms with Gasteiger partial charge in [-0.25, -0.2) is 0 Å². The summed E-state index contributed by atoms with van der Waals surface area (Å²) in [4.78, 5) is 10.7. The van der Waals surface area contributed by atoms with Crippen LogP contribution in [0.2, 0.25) is 0 Å². The Morgan fingerprint density at radius 3 is 2.62 bits per heavy atom. The number of furan rings is 1. The molecule has 1 rings (SSSR count). The van der Waals surface area contributed by atoms with E-state index in [0.29, 0.717) is 16.2 Å². The predicted octanol–water partition coefficient (Wildman–Crippen LogP) is 3.76. The quantitative estimate of drug-likeness (QED) is 0.756. The fraction of sp³-hybridized carbons (Fsp3) is 0.500. The molecule has 0 N–H and O–H groups in total. The molecule has 0 saturated heterocycles. The summed E-state index contributed by atoms with van der Waals surface area (Å²) in [6.45, 7) is 4.19. The van der Waals surface area contributed by atoms with Crippen molar-refractivity contribution in [3.8, 4) is 0 Å². The molecule has 72 valence electrons. The number of rotatable bonds is 4. The van der Waals surface area contributed by atoms with Gasteiger partial charge in [0.1, 0.15) is 5.76 Å². The second-order valence-corrected chi connectivity index (χ2v) is 3.78. The van der Waals surface area contributed by atoms with E-state index >= 15 is 0 Å². The summed E-state index contributed by atoms with van der Waals surface area (Å²) in [5.74, 6) is 1.17. The first-order valence-electron chi connectivity index (χ1n) is 4.47. The maximum Gasteiger partial charge on any atom is 0.170 e. The van der Waals surface area contributed by atoms with Crippen LogP contribution in [0, 0.1) is 0 Å². The minimum Gasteiger partial charge on any atom is -0.453 e. The van der Waals surface area contributed by atoms with Gasteiger partial charge >= 0.3 is 0 Å². The van der Waals surface area contributed by atoms with Crippen LogP contribution in [0.1, 0.15) is 48.7 Å². The van der Waals surface area contributed by atoms with Crippen LogP contribution < -0.4 is 0 Å². The van der Waals surface area contributed by atoms with Gasteiger partial charge in [0.25, 0.3) is 0 Å². The number of aldehydes is 1. The number of hydrogen-bond donors (Lipinski definition) is 0. The third-order valence-electron chi connectivity index (χ3n) is 2.24. The molecule has 1 aromatic heterocycles. The number of carbonyl (C=O) groups excluding carboxylic acids is 1. The van der Waals surface area contributed by atoms with Gasteiger partial charge in [-0.05, 0) is 28.8 Å². The minimum atomic E-state index is 0.353. The maximum atomic E-state index is 10.7. The molecule has 0 aromatic carbocycles. The normalized spacial score (nSPS) is 10.8. The van der Waals surface area contributed by atoms with Crippen molar-refractivity contribution in [1.29, 1.82) is 0 Å². The molecule has 0 saturated carbocycles. The molecule has 3 heteroatoms. The highest BCUT2D eigenvalue weighted by Crippen LogP contribution is 2.30. The summed E-state index contributed by atoms with van der Waals surface area (Å²) in [6, 6.07) is 1.72. The van der Waals surface area contributed by atoms with E-state index in [9.17, 15) is 4.79 Å². The van der Waals surface area contributed by atoms with Gasteiger partial charge in [0.15, 0.2) is 11.0 Å². The molecule has 0 spiro atoms. The molecule has 0 radical (unpaired) electrons. The van der Waals surface area contributed by atoms with Crippen LogP contribution in [-0.2, 0) is 0 Å². The summed E-state index contributed by atoms with van der Waals surface area (Å²) >= 11 is 3.22. The lowest BCUT2D eigenvalue weighted by atomic mass is 9.98. The standard InChI is InChI=1S/C10H13BrO2/c1-3-7(4-2)10-8(6-12)5-9(11)13-10/h5-7H,3-4H2,1-2H3. The molecule has 13 heavy (non-hydrogen) atoms. The lowest BCUT2D eigenvalue weighted by Crippen LogP contribution is -1.96. The van der Waals surface area contributed by atoms with E-state index in [1.165, 1.54) is 0 Å². The smallest absolute Gasteiger partial charge is 0.170 e. The second-order valence-electron chi connectivity index (χ2n) is 3.00. The topological polar surface area (TPSA) is 30.2 Å². The number of halogens is 1. The Bertz CT molecular complexity index is 287. The van der Waals surface area contributed by atoms with Crippen molar-refractivity contribution < 1.29 is 9.21 Å². The summed E-state index contributed by atoms with van der Waals surface area (Å²) in [5, 5.41) is 0. The molecule has 0 aliphatic carbocycles. The molecule has 0 atom stereocenters. The first kappa shape index (κ1) is 10.5. The van der Waals surface area contributed by atoms with Gasteiger partial charge < -0.3 is 4.42 Å². The molecule has 0 unspecified atom stereocenters. The van der Waals surface area contributed by atoms with Gasteiger partial charge in [0.05, 0.1) is 5.56 Å². The Balaban J connectivity index is 3.03. The third-order valence-corrected chi connectivity index (χ3v) is 2.64. The van der Waals surface area contributed by atoms with E-state index in [2.05, 4.69) is 29.8 Å². The van der Waals surface area contributed by atoms with Crippen LogP contribution in [0.15, 0.2) is 15.2 Å². The van der Waals surface area contributed by atoms with Crippen molar-refractivity contribution >= 4 is 22.2 Å². The van der Waals surface area contributed by atoms with E-state index in [0.717, 1.165) is 24.9 Å². The van der Waals surface area contributed by atoms with Crippen LogP contribution in [0.25, 0.3) is 0 Å². The molecule has 2 nitrogen and oxygen atoms in total. The largest absolute Gasteiger partial charge is 0.453 e. The van der Waals surface area contributed by atoms with Gasteiger partial charge in [0, 0.05) is 12.0 Å². The van der Waals surface area contributed by atoms with Gasteiger partial charge in [0.2, 0.25) is 0 Å². The van der Waals surface area contributed by atoms with E-state index in [-0.39, 0.29) is 0 Å². The molecule has 0 amide bonds. The first-order valence-corrected chi connectivity index (χ1v) is 5.26. The highest BCUT2D eigenvalue weighted by Gasteiger charge is 2.16. The molecule has 1 aromatic rings. The Kier molecular flexibility index (Phi) is 3.72. The van der Waals surface area contributed by atoms with Crippen LogP contribution in [0.5, 0.6) is 0 Å². The summed E-state index contributed by atoms with van der Waals surface area (Å²) in [7, 11) is 0. The fourth-order valence-electron chi connectivity index (χ4n) is 1.46. The average molecular weight is 245 g/mol. The molecular weight excluding hydrogens is 232 g/mol. The van der Waals surface area contributed by atoms with E-state index in [4.69, 9.17) is 4.42 Å². The van der Waals surface area contributed by atoms with Crippen molar-refractivity contribution in [2.45, 2.75) is 32.6 Å². The zero-order valence-corrected chi connectivity index (χ0v) is 9.43. The van der Waals surface area contributed by atoms with Crippen LogP contribution in [0.4, 0.5) is 0 Å². The fourth-order valence-corrected chi connectivity index (χ4v) is 1.88. The Morgan fingerprint density at radius 1 is 1.54 bits per heavy atom. The van der Waals surface area contributed by atoms with Crippen molar-refractivity contribution in [3.63, 3.8) is 0 Å². The van der Waals surface area contributed by atoms with Crippen LogP contribution >= 0.6 is 15.9 Å². The monoisotopic (exact) mass is 244 g/mol. The first-order chi connectivity index (χ1) is 6.22. The molecule has 0 aliphatic rings. The lowest BCUT2D eigenvalue weighted by Gasteiger charge is -2.08. The number of hydrogen-bond acceptors (Lipinski definition) is 2. The third kappa shape index (κ3) is 2.21. The highest BCUT2D eigenvalue weighted by molar-refractivity contribution is 9.10. The zero-order chi connectivity index (χ0) is 9.84. The average Bonchev–Trinajstić information content (AvgIpc) is 2.49. The second kappa shape index (κ2) is 4.61. The van der Waals surface area contributed by atoms with Crippen LogP contribution in [0.3, 0.4) is 0 Å². The molecular formula is C10H13BrO2. The van der Waals surface area contributed by atoms with Crippen molar-refractivity contribution in [2.75, 3.05) is 0 Å².